The van der Waals surface area contributed by atoms with Crippen molar-refractivity contribution in [3.63, 3.8) is 0 Å². The van der Waals surface area contributed by atoms with Gasteiger partial charge in [-0.15, -0.1) is 0 Å². The van der Waals surface area contributed by atoms with Crippen LogP contribution in [0.4, 0.5) is 10.7 Å². The van der Waals surface area contributed by atoms with Gasteiger partial charge in [0.15, 0.2) is 0 Å². The van der Waals surface area contributed by atoms with Crippen molar-refractivity contribution < 1.29 is 9.84 Å². The number of nitrogens with two attached hydrogens (primary N) is 1. The molecule has 1 heterocycles. The molecule has 0 aliphatic heterocycles. The van der Waals surface area contributed by atoms with Crippen molar-refractivity contribution in [1.29, 1.82) is 0 Å². The van der Waals surface area contributed by atoms with Gasteiger partial charge in [-0.3, -0.25) is 14.2 Å². The number of nitrogens with one attached hydrogen (secondary N) is 2. The summed E-state index contributed by atoms with van der Waals surface area (Å²) in [5.41, 5.74) is 5.96. The quantitative estimate of drug-likeness (QED) is 0.360. The second-order valence-corrected chi connectivity index (χ2v) is 7.59. The number of rotatable bonds is 7. The number of ether oxygens (including phenoxy) is 1. The fourth-order valence-electron chi connectivity index (χ4n) is 2.40. The molecule has 0 radical (unpaired) electrons. The minimum atomic E-state index is -0.772. The number of aromatic amines is 1. The molecule has 0 spiro atoms. The topological polar surface area (TPSA) is 113 Å². The summed E-state index contributed by atoms with van der Waals surface area (Å²) in [5, 5.41) is 13.1. The summed E-state index contributed by atoms with van der Waals surface area (Å²) in [5.74, 6) is 1.53. The summed E-state index contributed by atoms with van der Waals surface area (Å²) < 4.78 is 8.43. The van der Waals surface area contributed by atoms with Gasteiger partial charge in [0.25, 0.3) is 5.56 Å². The standard InChI is InChI=1S/C20H22N4O3S/c1-20(2,12-25)23-17(21)16-18(26)24-28-19(16)22-13-8-10-15(11-9-13)27-14-6-4-3-5-7-14/h3-11,22,25H,12H2,1-2H3,(H2,21,23)(H,24,26). The van der Waals surface area contributed by atoms with Crippen LogP contribution in [0.25, 0.3) is 0 Å². The molecule has 0 bridgehead atoms. The molecule has 0 aliphatic carbocycles. The summed E-state index contributed by atoms with van der Waals surface area (Å²) in [6.45, 7) is 3.29. The first-order chi connectivity index (χ1) is 13.4. The first-order valence-corrected chi connectivity index (χ1v) is 9.47. The lowest BCUT2D eigenvalue weighted by Crippen LogP contribution is -2.30. The Morgan fingerprint density at radius 3 is 2.46 bits per heavy atom. The highest BCUT2D eigenvalue weighted by atomic mass is 32.1. The zero-order chi connectivity index (χ0) is 20.1. The van der Waals surface area contributed by atoms with Gasteiger partial charge in [-0.05, 0) is 61.8 Å². The number of anilines is 2. The van der Waals surface area contributed by atoms with Gasteiger partial charge in [0.2, 0.25) is 0 Å². The maximum atomic E-state index is 12.2. The molecule has 0 fully saturated rings. The van der Waals surface area contributed by atoms with Crippen molar-refractivity contribution in [3.8, 4) is 11.5 Å². The molecule has 28 heavy (non-hydrogen) atoms. The number of para-hydroxylation sites is 1. The molecule has 3 rings (SSSR count). The van der Waals surface area contributed by atoms with Gasteiger partial charge in [0.05, 0.1) is 12.1 Å². The van der Waals surface area contributed by atoms with Crippen molar-refractivity contribution in [2.75, 3.05) is 11.9 Å². The van der Waals surface area contributed by atoms with E-state index in [1.807, 2.05) is 54.6 Å². The van der Waals surface area contributed by atoms with Gasteiger partial charge in [-0.25, -0.2) is 0 Å². The van der Waals surface area contributed by atoms with E-state index >= 15 is 0 Å². The first-order valence-electron chi connectivity index (χ1n) is 8.66. The predicted octanol–water partition coefficient (Wildman–Crippen LogP) is 3.45. The zero-order valence-corrected chi connectivity index (χ0v) is 16.4. The summed E-state index contributed by atoms with van der Waals surface area (Å²) >= 11 is 1.14. The molecule has 3 aromatic rings. The molecule has 5 N–H and O–H groups in total. The van der Waals surface area contributed by atoms with Crippen LogP contribution >= 0.6 is 11.5 Å². The van der Waals surface area contributed by atoms with E-state index < -0.39 is 5.54 Å². The van der Waals surface area contributed by atoms with Crippen molar-refractivity contribution >= 4 is 28.1 Å². The predicted molar refractivity (Wildman–Crippen MR) is 113 cm³/mol. The normalized spacial score (nSPS) is 12.0. The molecule has 0 atom stereocenters. The van der Waals surface area contributed by atoms with Crippen molar-refractivity contribution in [3.05, 3.63) is 70.5 Å². The Labute approximate surface area is 166 Å². The number of aliphatic hydroxyl groups excluding tert-OH is 1. The van der Waals surface area contributed by atoms with Gasteiger partial charge in [-0.2, -0.15) is 0 Å². The maximum absolute atomic E-state index is 12.2. The van der Waals surface area contributed by atoms with Gasteiger partial charge >= 0.3 is 0 Å². The Morgan fingerprint density at radius 2 is 1.82 bits per heavy atom. The van der Waals surface area contributed by atoms with E-state index in [0.717, 1.165) is 23.0 Å². The molecule has 0 saturated heterocycles. The van der Waals surface area contributed by atoms with E-state index in [0.29, 0.717) is 10.8 Å². The smallest absolute Gasteiger partial charge is 0.271 e. The van der Waals surface area contributed by atoms with Crippen LogP contribution in [-0.2, 0) is 0 Å². The highest BCUT2D eigenvalue weighted by Gasteiger charge is 2.20. The Bertz CT molecular complexity index is 1010. The van der Waals surface area contributed by atoms with E-state index in [1.54, 1.807) is 13.8 Å². The van der Waals surface area contributed by atoms with E-state index in [1.165, 1.54) is 0 Å². The van der Waals surface area contributed by atoms with E-state index in [-0.39, 0.29) is 23.6 Å². The number of hydrogen-bond donors (Lipinski definition) is 4. The average Bonchev–Trinajstić information content (AvgIpc) is 3.04. The van der Waals surface area contributed by atoms with Gasteiger partial charge < -0.3 is 20.9 Å². The third-order valence-electron chi connectivity index (χ3n) is 3.86. The molecule has 146 valence electrons. The van der Waals surface area contributed by atoms with Crippen molar-refractivity contribution in [1.82, 2.24) is 4.37 Å². The van der Waals surface area contributed by atoms with Crippen LogP contribution in [0.5, 0.6) is 11.5 Å². The Balaban J connectivity index is 1.79. The van der Waals surface area contributed by atoms with Crippen LogP contribution in [0.3, 0.4) is 0 Å². The zero-order valence-electron chi connectivity index (χ0n) is 15.6. The number of amidine groups is 1. The molecule has 0 saturated carbocycles. The van der Waals surface area contributed by atoms with Crippen molar-refractivity contribution in [2.24, 2.45) is 10.7 Å². The minimum Gasteiger partial charge on any atom is -0.457 e. The fraction of sp³-hybridized carbons (Fsp3) is 0.200. The Kier molecular flexibility index (Phi) is 5.81. The second kappa shape index (κ2) is 8.28. The largest absolute Gasteiger partial charge is 0.457 e. The number of aliphatic imine (C=N–C) groups is 1. The van der Waals surface area contributed by atoms with E-state index in [9.17, 15) is 9.90 Å². The summed E-state index contributed by atoms with van der Waals surface area (Å²) in [7, 11) is 0. The SMILES string of the molecule is CC(C)(CO)N=C(N)c1c(Nc2ccc(Oc3ccccc3)cc2)s[nH]c1=O. The number of nitrogens with zero attached hydrogens (tertiary/aromatic N) is 1. The molecule has 7 nitrogen and oxygen atoms in total. The van der Waals surface area contributed by atoms with Crippen LogP contribution in [0.15, 0.2) is 64.4 Å². The van der Waals surface area contributed by atoms with Gasteiger partial charge in [-0.1, -0.05) is 18.2 Å². The molecular formula is C20H22N4O3S. The lowest BCUT2D eigenvalue weighted by Gasteiger charge is -2.17. The van der Waals surface area contributed by atoms with Gasteiger partial charge in [0.1, 0.15) is 27.9 Å². The second-order valence-electron chi connectivity index (χ2n) is 6.77. The van der Waals surface area contributed by atoms with Crippen molar-refractivity contribution in [2.45, 2.75) is 19.4 Å². The van der Waals surface area contributed by atoms with E-state index in [2.05, 4.69) is 14.7 Å². The van der Waals surface area contributed by atoms with Gasteiger partial charge in [0, 0.05) is 5.69 Å². The molecule has 0 unspecified atom stereocenters. The maximum Gasteiger partial charge on any atom is 0.271 e. The summed E-state index contributed by atoms with van der Waals surface area (Å²) in [6.07, 6.45) is 0. The van der Waals surface area contributed by atoms with Crippen LogP contribution in [0.1, 0.15) is 19.4 Å². The number of hydrogen-bond acceptors (Lipinski definition) is 6. The average molecular weight is 398 g/mol. The number of aromatic nitrogens is 1. The third kappa shape index (κ3) is 4.79. The lowest BCUT2D eigenvalue weighted by atomic mass is 10.1. The molecular weight excluding hydrogens is 376 g/mol. The third-order valence-corrected chi connectivity index (χ3v) is 4.65. The van der Waals surface area contributed by atoms with Crippen LogP contribution in [-0.4, -0.2) is 27.5 Å². The number of benzene rings is 2. The Morgan fingerprint density at radius 1 is 1.18 bits per heavy atom. The molecule has 8 heteroatoms. The highest BCUT2D eigenvalue weighted by Crippen LogP contribution is 2.26. The summed E-state index contributed by atoms with van der Waals surface area (Å²) in [4.78, 5) is 16.4. The fourth-order valence-corrected chi connectivity index (χ4v) is 3.17. The Hall–Kier alpha value is -3.10. The molecule has 0 aliphatic rings. The highest BCUT2D eigenvalue weighted by molar-refractivity contribution is 7.10. The molecule has 1 aromatic heterocycles. The summed E-state index contributed by atoms with van der Waals surface area (Å²) in [6, 6.07) is 16.9. The lowest BCUT2D eigenvalue weighted by molar-refractivity contribution is 0.223. The first kappa shape index (κ1) is 19.7. The van der Waals surface area contributed by atoms with E-state index in [4.69, 9.17) is 10.5 Å². The number of aliphatic hydroxyl groups is 1. The van der Waals surface area contributed by atoms with Crippen LogP contribution in [0, 0.1) is 0 Å². The van der Waals surface area contributed by atoms with Crippen LogP contribution < -0.4 is 21.3 Å². The molecule has 0 amide bonds. The number of H-pyrrole nitrogens is 1. The monoisotopic (exact) mass is 398 g/mol. The van der Waals surface area contributed by atoms with Crippen LogP contribution in [0.2, 0.25) is 0 Å². The minimum absolute atomic E-state index is 0.0769. The molecule has 2 aromatic carbocycles.